The molecule has 1 N–H and O–H groups in total. The second kappa shape index (κ2) is 13.1. The van der Waals surface area contributed by atoms with Crippen molar-refractivity contribution in [1.82, 2.24) is 14.5 Å². The highest BCUT2D eigenvalue weighted by Crippen LogP contribution is 2.50. The molecule has 2 heterocycles. The van der Waals surface area contributed by atoms with Crippen molar-refractivity contribution in [3.63, 3.8) is 0 Å². The van der Waals surface area contributed by atoms with Gasteiger partial charge in [0, 0.05) is 18.4 Å². The minimum atomic E-state index is -2.18. The Morgan fingerprint density at radius 1 is 1.20 bits per heavy atom. The molecule has 5 unspecified atom stereocenters. The summed E-state index contributed by atoms with van der Waals surface area (Å²) in [4.78, 5) is 25.4. The normalized spacial score (nSPS) is 22.0. The number of amides is 1. The second-order valence-electron chi connectivity index (χ2n) is 12.0. The van der Waals surface area contributed by atoms with Gasteiger partial charge in [-0.25, -0.2) is 16.5 Å². The van der Waals surface area contributed by atoms with Gasteiger partial charge in [-0.3, -0.25) is 4.79 Å². The maximum atomic E-state index is 12.9. The van der Waals surface area contributed by atoms with Gasteiger partial charge in [0.2, 0.25) is 6.54 Å². The van der Waals surface area contributed by atoms with Crippen molar-refractivity contribution in [2.24, 2.45) is 5.92 Å². The Bertz CT molecular complexity index is 1370. The van der Waals surface area contributed by atoms with Crippen LogP contribution in [0.5, 0.6) is 0 Å². The molecule has 1 aromatic carbocycles. The number of rotatable bonds is 11. The maximum Gasteiger partial charge on any atom is 0.256 e. The van der Waals surface area contributed by atoms with Crippen LogP contribution in [0, 0.1) is 12.5 Å². The zero-order valence-electron chi connectivity index (χ0n) is 25.1. The van der Waals surface area contributed by atoms with Crippen molar-refractivity contribution in [2.75, 3.05) is 25.1 Å². The lowest BCUT2D eigenvalue weighted by Gasteiger charge is -2.42. The Labute approximate surface area is 245 Å². The SMILES string of the molecule is [C-]#[N+]CCOP(C)OC1C(CC)CC(n2ccc3c(NC(=O)c4ccccc4)ncnc32)C1O[Si](C)(C)C(C)(C)C. The number of hydrogen-bond donors (Lipinski definition) is 1. The number of fused-ring (bicyclic) bond motifs is 1. The lowest BCUT2D eigenvalue weighted by Crippen LogP contribution is -2.48. The number of anilines is 1. The largest absolute Gasteiger partial charge is 0.409 e. The molecule has 11 heteroatoms. The molecular weight excluding hydrogens is 553 g/mol. The molecule has 1 fully saturated rings. The zero-order chi connectivity index (χ0) is 29.8. The third kappa shape index (κ3) is 7.04. The number of nitrogens with zero attached hydrogens (tertiary/aromatic N) is 4. The van der Waals surface area contributed by atoms with Gasteiger partial charge in [0.05, 0.1) is 23.6 Å². The summed E-state index contributed by atoms with van der Waals surface area (Å²) in [6.07, 6.45) is 4.98. The fraction of sp³-hybridized carbons (Fsp3) is 0.533. The van der Waals surface area contributed by atoms with Crippen molar-refractivity contribution >= 4 is 39.5 Å². The molecule has 0 radical (unpaired) electrons. The minimum absolute atomic E-state index is 0.0178. The van der Waals surface area contributed by atoms with Crippen LogP contribution in [0.25, 0.3) is 15.9 Å². The number of nitrogens with one attached hydrogen (secondary N) is 1. The van der Waals surface area contributed by atoms with Crippen molar-refractivity contribution < 1.29 is 18.3 Å². The van der Waals surface area contributed by atoms with E-state index in [9.17, 15) is 4.79 Å². The number of aromatic nitrogens is 3. The highest BCUT2D eigenvalue weighted by molar-refractivity contribution is 7.46. The van der Waals surface area contributed by atoms with Gasteiger partial charge in [-0.05, 0) is 48.7 Å². The Morgan fingerprint density at radius 2 is 1.93 bits per heavy atom. The average Bonchev–Trinajstić information content (AvgIpc) is 3.50. The van der Waals surface area contributed by atoms with Gasteiger partial charge in [-0.1, -0.05) is 52.3 Å². The molecule has 0 aliphatic heterocycles. The van der Waals surface area contributed by atoms with Crippen LogP contribution in [0.4, 0.5) is 5.82 Å². The van der Waals surface area contributed by atoms with Crippen LogP contribution in [0.2, 0.25) is 18.1 Å². The van der Waals surface area contributed by atoms with Crippen LogP contribution in [-0.2, 0) is 13.5 Å². The first kappa shape index (κ1) is 31.3. The number of hydrogen-bond acceptors (Lipinski definition) is 6. The highest BCUT2D eigenvalue weighted by Gasteiger charge is 2.50. The van der Waals surface area contributed by atoms with E-state index < -0.39 is 16.7 Å². The predicted molar refractivity (Wildman–Crippen MR) is 167 cm³/mol. The van der Waals surface area contributed by atoms with Gasteiger partial charge in [-0.2, -0.15) is 0 Å². The fourth-order valence-electron chi connectivity index (χ4n) is 5.07. The molecule has 9 nitrogen and oxygen atoms in total. The van der Waals surface area contributed by atoms with Gasteiger partial charge < -0.3 is 28.2 Å². The van der Waals surface area contributed by atoms with E-state index in [-0.39, 0.29) is 35.1 Å². The van der Waals surface area contributed by atoms with Gasteiger partial charge in [0.15, 0.2) is 16.7 Å². The standard InChI is InChI=1S/C30H42N5O4PSi/c1-9-21-19-24(26(39-41(7,8)30(2,3)4)25(21)38-40(6)37-18-16-31-5)35-17-15-23-27(32-20-33-28(23)35)34-29(36)22-13-11-10-12-14-22/h10-15,17,20-21,24-26H,9,16,18-19H2,1-4,6-8H3,(H,32,33,34,36). The summed E-state index contributed by atoms with van der Waals surface area (Å²) in [5.74, 6) is 0.528. The number of carbonyl (C=O) groups excluding carboxylic acids is 1. The van der Waals surface area contributed by atoms with Crippen LogP contribution in [0.15, 0.2) is 48.9 Å². The molecule has 0 spiro atoms. The molecular formula is C30H42N5O4PSi. The molecule has 5 atom stereocenters. The molecule has 41 heavy (non-hydrogen) atoms. The smallest absolute Gasteiger partial charge is 0.256 e. The van der Waals surface area contributed by atoms with Crippen LogP contribution in [-0.4, -0.2) is 60.8 Å². The van der Waals surface area contributed by atoms with E-state index in [1.807, 2.05) is 37.1 Å². The van der Waals surface area contributed by atoms with Gasteiger partial charge >= 0.3 is 0 Å². The van der Waals surface area contributed by atoms with E-state index >= 15 is 0 Å². The monoisotopic (exact) mass is 595 g/mol. The van der Waals surface area contributed by atoms with Crippen LogP contribution in [0.3, 0.4) is 0 Å². The molecule has 1 aliphatic rings. The Kier molecular flexibility index (Phi) is 9.99. The summed E-state index contributed by atoms with van der Waals surface area (Å²) in [5.41, 5.74) is 1.32. The quantitative estimate of drug-likeness (QED) is 0.108. The first-order valence-corrected chi connectivity index (χ1v) is 18.7. The van der Waals surface area contributed by atoms with Gasteiger partial charge in [0.1, 0.15) is 24.4 Å². The van der Waals surface area contributed by atoms with Crippen molar-refractivity contribution in [1.29, 1.82) is 0 Å². The third-order valence-electron chi connectivity index (χ3n) is 8.35. The van der Waals surface area contributed by atoms with E-state index in [2.05, 4.69) is 65.5 Å². The Morgan fingerprint density at radius 3 is 2.59 bits per heavy atom. The summed E-state index contributed by atoms with van der Waals surface area (Å²) in [6, 6.07) is 11.1. The molecule has 1 saturated carbocycles. The summed E-state index contributed by atoms with van der Waals surface area (Å²) in [7, 11) is -3.36. The summed E-state index contributed by atoms with van der Waals surface area (Å²) in [6.45, 7) is 23.2. The average molecular weight is 596 g/mol. The lowest BCUT2D eigenvalue weighted by molar-refractivity contribution is 0.0288. The molecule has 220 valence electrons. The Balaban J connectivity index is 1.69. The molecule has 3 aromatic rings. The first-order chi connectivity index (χ1) is 19.5. The van der Waals surface area contributed by atoms with Crippen LogP contribution in [0.1, 0.15) is 56.9 Å². The zero-order valence-corrected chi connectivity index (χ0v) is 27.0. The molecule has 1 amide bonds. The fourth-order valence-corrected chi connectivity index (χ4v) is 7.43. The Hall–Kier alpha value is -2.67. The highest BCUT2D eigenvalue weighted by atomic mass is 31.2. The number of carbonyl (C=O) groups is 1. The van der Waals surface area contributed by atoms with E-state index in [4.69, 9.17) is 20.0 Å². The van der Waals surface area contributed by atoms with Crippen LogP contribution < -0.4 is 5.32 Å². The molecule has 2 aromatic heterocycles. The molecule has 4 rings (SSSR count). The third-order valence-corrected chi connectivity index (χ3v) is 13.9. The van der Waals surface area contributed by atoms with Crippen molar-refractivity contribution in [3.8, 4) is 0 Å². The second-order valence-corrected chi connectivity index (χ2v) is 18.1. The van der Waals surface area contributed by atoms with Gasteiger partial charge in [-0.15, -0.1) is 0 Å². The lowest BCUT2D eigenvalue weighted by atomic mass is 10.0. The summed E-state index contributed by atoms with van der Waals surface area (Å²) in [5, 5.41) is 3.76. The van der Waals surface area contributed by atoms with Crippen molar-refractivity contribution in [3.05, 3.63) is 65.9 Å². The molecule has 1 aliphatic carbocycles. The van der Waals surface area contributed by atoms with Gasteiger partial charge in [0.25, 0.3) is 5.91 Å². The van der Waals surface area contributed by atoms with E-state index in [1.165, 1.54) is 6.33 Å². The minimum Gasteiger partial charge on any atom is -0.409 e. The van der Waals surface area contributed by atoms with E-state index in [0.29, 0.717) is 24.5 Å². The van der Waals surface area contributed by atoms with E-state index in [1.54, 1.807) is 12.1 Å². The van der Waals surface area contributed by atoms with E-state index in [0.717, 1.165) is 23.9 Å². The maximum absolute atomic E-state index is 12.9. The summed E-state index contributed by atoms with van der Waals surface area (Å²) < 4.78 is 21.9. The predicted octanol–water partition coefficient (Wildman–Crippen LogP) is 7.31. The topological polar surface area (TPSA) is 91.9 Å². The number of benzene rings is 1. The van der Waals surface area contributed by atoms with Crippen molar-refractivity contribution in [2.45, 2.75) is 76.9 Å². The molecule has 0 saturated heterocycles. The van der Waals surface area contributed by atoms with Crippen LogP contribution >= 0.6 is 8.38 Å². The first-order valence-electron chi connectivity index (χ1n) is 14.2. The summed E-state index contributed by atoms with van der Waals surface area (Å²) >= 11 is 0. The molecule has 0 bridgehead atoms.